The third-order valence-corrected chi connectivity index (χ3v) is 2.49. The van der Waals surface area contributed by atoms with Crippen molar-refractivity contribution in [3.05, 3.63) is 29.3 Å². The molecule has 1 aromatic carbocycles. The second-order valence-electron chi connectivity index (χ2n) is 4.37. The maximum absolute atomic E-state index is 5.79. The van der Waals surface area contributed by atoms with Crippen LogP contribution in [0.15, 0.2) is 18.2 Å². The fourth-order valence-electron chi connectivity index (χ4n) is 1.70. The largest absolute Gasteiger partial charge is 0.491 e. The Labute approximate surface area is 104 Å². The molecule has 17 heavy (non-hydrogen) atoms. The van der Waals surface area contributed by atoms with E-state index in [1.54, 1.807) is 0 Å². The lowest BCUT2D eigenvalue weighted by molar-refractivity contribution is 0.0549. The Kier molecular flexibility index (Phi) is 6.01. The monoisotopic (exact) mass is 237 g/mol. The molecule has 0 unspecified atom stereocenters. The van der Waals surface area contributed by atoms with Crippen molar-refractivity contribution in [1.29, 1.82) is 0 Å². The minimum absolute atomic E-state index is 0.249. The minimum atomic E-state index is 0.249. The Balaban J connectivity index is 2.56. The van der Waals surface area contributed by atoms with E-state index >= 15 is 0 Å². The normalized spacial score (nSPS) is 10.9. The first-order chi connectivity index (χ1) is 8.15. The van der Waals surface area contributed by atoms with Crippen LogP contribution in [0.2, 0.25) is 0 Å². The van der Waals surface area contributed by atoms with Crippen LogP contribution in [-0.2, 0) is 11.2 Å². The lowest BCUT2D eigenvalue weighted by atomic mass is 10.1. The van der Waals surface area contributed by atoms with Gasteiger partial charge in [0, 0.05) is 0 Å². The summed E-state index contributed by atoms with van der Waals surface area (Å²) in [6, 6.07) is 6.16. The van der Waals surface area contributed by atoms with Gasteiger partial charge in [0.15, 0.2) is 0 Å². The molecule has 0 aromatic heterocycles. The van der Waals surface area contributed by atoms with E-state index in [0.29, 0.717) is 19.8 Å². The van der Waals surface area contributed by atoms with Crippen LogP contribution in [-0.4, -0.2) is 25.9 Å². The van der Waals surface area contributed by atoms with Crippen molar-refractivity contribution in [3.63, 3.8) is 0 Å². The summed E-state index contributed by atoms with van der Waals surface area (Å²) in [7, 11) is 0. The smallest absolute Gasteiger partial charge is 0.125 e. The van der Waals surface area contributed by atoms with E-state index in [9.17, 15) is 0 Å². The predicted octanol–water partition coefficient (Wildman–Crippen LogP) is 2.30. The molecule has 1 rings (SSSR count). The van der Waals surface area contributed by atoms with Gasteiger partial charge in [0.25, 0.3) is 0 Å². The zero-order chi connectivity index (χ0) is 12.7. The van der Waals surface area contributed by atoms with Crippen molar-refractivity contribution in [2.45, 2.75) is 33.3 Å². The van der Waals surface area contributed by atoms with E-state index in [1.165, 1.54) is 5.56 Å². The number of hydrogen-bond donors (Lipinski definition) is 1. The summed E-state index contributed by atoms with van der Waals surface area (Å²) in [6.45, 7) is 7.94. The predicted molar refractivity (Wildman–Crippen MR) is 70.5 cm³/mol. The average molecular weight is 237 g/mol. The first-order valence-corrected chi connectivity index (χ1v) is 6.18. The van der Waals surface area contributed by atoms with Crippen LogP contribution in [0.4, 0.5) is 0 Å². The molecular formula is C14H23NO2. The molecule has 0 radical (unpaired) electrons. The van der Waals surface area contributed by atoms with Crippen LogP contribution < -0.4 is 10.5 Å². The molecule has 0 aliphatic heterocycles. The third-order valence-electron chi connectivity index (χ3n) is 2.49. The molecule has 0 fully saturated rings. The lowest BCUT2D eigenvalue weighted by Crippen LogP contribution is -2.13. The second-order valence-corrected chi connectivity index (χ2v) is 4.37. The Morgan fingerprint density at radius 1 is 1.24 bits per heavy atom. The van der Waals surface area contributed by atoms with Gasteiger partial charge in [0.05, 0.1) is 12.7 Å². The van der Waals surface area contributed by atoms with Crippen molar-refractivity contribution in [1.82, 2.24) is 0 Å². The Morgan fingerprint density at radius 3 is 2.65 bits per heavy atom. The zero-order valence-corrected chi connectivity index (χ0v) is 11.0. The van der Waals surface area contributed by atoms with E-state index in [-0.39, 0.29) is 6.10 Å². The van der Waals surface area contributed by atoms with Gasteiger partial charge in [-0.3, -0.25) is 0 Å². The number of ether oxygens (including phenoxy) is 2. The van der Waals surface area contributed by atoms with Crippen molar-refractivity contribution < 1.29 is 9.47 Å². The number of aryl methyl sites for hydroxylation is 1. The topological polar surface area (TPSA) is 44.5 Å². The van der Waals surface area contributed by atoms with Crippen LogP contribution >= 0.6 is 0 Å². The molecular weight excluding hydrogens is 214 g/mol. The van der Waals surface area contributed by atoms with E-state index in [0.717, 1.165) is 17.7 Å². The Morgan fingerprint density at radius 2 is 2.00 bits per heavy atom. The standard InChI is InChI=1S/C14H23NO2/c1-11(2)16-9-10-17-14-12(3)5-4-6-13(14)7-8-15/h4-6,11H,7-10,15H2,1-3H3. The number of nitrogens with two attached hydrogens (primary N) is 1. The maximum atomic E-state index is 5.79. The minimum Gasteiger partial charge on any atom is -0.491 e. The molecule has 3 nitrogen and oxygen atoms in total. The molecule has 0 spiro atoms. The van der Waals surface area contributed by atoms with Gasteiger partial charge in [0.2, 0.25) is 0 Å². The molecule has 0 heterocycles. The summed E-state index contributed by atoms with van der Waals surface area (Å²) in [4.78, 5) is 0. The van der Waals surface area contributed by atoms with E-state index < -0.39 is 0 Å². The lowest BCUT2D eigenvalue weighted by Gasteiger charge is -2.14. The highest BCUT2D eigenvalue weighted by Crippen LogP contribution is 2.23. The van der Waals surface area contributed by atoms with Crippen LogP contribution in [0.3, 0.4) is 0 Å². The molecule has 0 atom stereocenters. The summed E-state index contributed by atoms with van der Waals surface area (Å²) < 4.78 is 11.2. The molecule has 0 bridgehead atoms. The van der Waals surface area contributed by atoms with Crippen molar-refractivity contribution in [3.8, 4) is 5.75 Å². The fourth-order valence-corrected chi connectivity index (χ4v) is 1.70. The van der Waals surface area contributed by atoms with Gasteiger partial charge < -0.3 is 15.2 Å². The summed E-state index contributed by atoms with van der Waals surface area (Å²) in [5.74, 6) is 0.963. The molecule has 0 aliphatic rings. The maximum Gasteiger partial charge on any atom is 0.125 e. The second kappa shape index (κ2) is 7.30. The summed E-state index contributed by atoms with van der Waals surface area (Å²) >= 11 is 0. The number of benzene rings is 1. The van der Waals surface area contributed by atoms with E-state index in [1.807, 2.05) is 19.9 Å². The van der Waals surface area contributed by atoms with Crippen LogP contribution in [0.25, 0.3) is 0 Å². The number of rotatable bonds is 7. The van der Waals surface area contributed by atoms with E-state index in [4.69, 9.17) is 15.2 Å². The van der Waals surface area contributed by atoms with Crippen LogP contribution in [0, 0.1) is 6.92 Å². The highest BCUT2D eigenvalue weighted by atomic mass is 16.5. The highest BCUT2D eigenvalue weighted by Gasteiger charge is 2.06. The summed E-state index contributed by atoms with van der Waals surface area (Å²) in [6.07, 6.45) is 1.10. The molecule has 3 heteroatoms. The zero-order valence-electron chi connectivity index (χ0n) is 11.0. The third kappa shape index (κ3) is 4.75. The average Bonchev–Trinajstić information content (AvgIpc) is 2.27. The number of hydrogen-bond acceptors (Lipinski definition) is 3. The Hall–Kier alpha value is -1.06. The SMILES string of the molecule is Cc1cccc(CCN)c1OCCOC(C)C. The quantitative estimate of drug-likeness (QED) is 0.740. The van der Waals surface area contributed by atoms with Gasteiger partial charge in [-0.1, -0.05) is 18.2 Å². The van der Waals surface area contributed by atoms with Crippen molar-refractivity contribution in [2.24, 2.45) is 5.73 Å². The van der Waals surface area contributed by atoms with Gasteiger partial charge >= 0.3 is 0 Å². The highest BCUT2D eigenvalue weighted by molar-refractivity contribution is 5.40. The van der Waals surface area contributed by atoms with Gasteiger partial charge in [-0.15, -0.1) is 0 Å². The fraction of sp³-hybridized carbons (Fsp3) is 0.571. The molecule has 0 aliphatic carbocycles. The molecule has 0 amide bonds. The van der Waals surface area contributed by atoms with Gasteiger partial charge in [-0.2, -0.15) is 0 Å². The van der Waals surface area contributed by atoms with Crippen molar-refractivity contribution in [2.75, 3.05) is 19.8 Å². The molecule has 2 N–H and O–H groups in total. The molecule has 1 aromatic rings. The van der Waals surface area contributed by atoms with Gasteiger partial charge in [0.1, 0.15) is 12.4 Å². The first-order valence-electron chi connectivity index (χ1n) is 6.18. The molecule has 96 valence electrons. The van der Waals surface area contributed by atoms with Gasteiger partial charge in [-0.05, 0) is 44.9 Å². The van der Waals surface area contributed by atoms with Crippen LogP contribution in [0.5, 0.6) is 5.75 Å². The van der Waals surface area contributed by atoms with E-state index in [2.05, 4.69) is 19.1 Å². The molecule has 0 saturated heterocycles. The Bertz CT molecular complexity index is 337. The van der Waals surface area contributed by atoms with Gasteiger partial charge in [-0.25, -0.2) is 0 Å². The molecule has 0 saturated carbocycles. The van der Waals surface area contributed by atoms with Crippen molar-refractivity contribution >= 4 is 0 Å². The summed E-state index contributed by atoms with van der Waals surface area (Å²) in [5, 5.41) is 0. The number of para-hydroxylation sites is 1. The van der Waals surface area contributed by atoms with Crippen LogP contribution in [0.1, 0.15) is 25.0 Å². The first kappa shape index (κ1) is 14.0. The summed E-state index contributed by atoms with van der Waals surface area (Å²) in [5.41, 5.74) is 7.92.